The van der Waals surface area contributed by atoms with E-state index < -0.39 is 11.0 Å². The third-order valence-corrected chi connectivity index (χ3v) is 5.29. The van der Waals surface area contributed by atoms with Crippen molar-refractivity contribution in [3.63, 3.8) is 0 Å². The van der Waals surface area contributed by atoms with Crippen LogP contribution >= 0.6 is 0 Å². The second-order valence-corrected chi connectivity index (χ2v) is 7.55. The van der Waals surface area contributed by atoms with Crippen LogP contribution in [0.5, 0.6) is 11.5 Å². The summed E-state index contributed by atoms with van der Waals surface area (Å²) in [6.07, 6.45) is 3.34. The van der Waals surface area contributed by atoms with E-state index in [0.29, 0.717) is 30.8 Å². The molecule has 1 atom stereocenters. The van der Waals surface area contributed by atoms with E-state index in [4.69, 9.17) is 4.74 Å². The van der Waals surface area contributed by atoms with Crippen molar-refractivity contribution in [2.75, 3.05) is 6.61 Å². The molecule has 0 aliphatic carbocycles. The number of non-ortho nitro benzene ring substituents is 1. The summed E-state index contributed by atoms with van der Waals surface area (Å²) in [7, 11) is 0. The second-order valence-electron chi connectivity index (χ2n) is 7.55. The van der Waals surface area contributed by atoms with Crippen molar-refractivity contribution in [3.8, 4) is 11.5 Å². The molecule has 0 saturated heterocycles. The number of amides is 1. The Bertz CT molecular complexity index is 1150. The van der Waals surface area contributed by atoms with Crippen molar-refractivity contribution in [2.24, 2.45) is 0 Å². The number of phenols is 1. The fourth-order valence-electron chi connectivity index (χ4n) is 3.62. The minimum Gasteiger partial charge on any atom is -0.505 e. The van der Waals surface area contributed by atoms with Crippen LogP contribution in [0.1, 0.15) is 55.8 Å². The molecule has 3 aromatic rings. The number of nitro groups is 1. The number of aromatic hydroxyl groups is 1. The van der Waals surface area contributed by atoms with Crippen molar-refractivity contribution in [3.05, 3.63) is 69.4 Å². The number of fused-ring (bicyclic) bond motifs is 1. The van der Waals surface area contributed by atoms with Crippen LogP contribution in [0.3, 0.4) is 0 Å². The largest absolute Gasteiger partial charge is 0.505 e. The van der Waals surface area contributed by atoms with E-state index >= 15 is 0 Å². The highest BCUT2D eigenvalue weighted by Gasteiger charge is 2.27. The van der Waals surface area contributed by atoms with Crippen LogP contribution in [0, 0.1) is 17.0 Å². The molecule has 0 bridgehead atoms. The zero-order chi connectivity index (χ0) is 23.3. The van der Waals surface area contributed by atoms with Gasteiger partial charge in [-0.25, -0.2) is 0 Å². The third-order valence-electron chi connectivity index (χ3n) is 5.29. The Morgan fingerprint density at radius 1 is 1.28 bits per heavy atom. The summed E-state index contributed by atoms with van der Waals surface area (Å²) in [5.41, 5.74) is 1.69. The van der Waals surface area contributed by atoms with Gasteiger partial charge in [0.1, 0.15) is 17.0 Å². The number of pyridine rings is 1. The predicted octanol–water partition coefficient (Wildman–Crippen LogP) is 4.95. The smallest absolute Gasteiger partial charge is 0.279 e. The Morgan fingerprint density at radius 2 is 2.06 bits per heavy atom. The van der Waals surface area contributed by atoms with Crippen LogP contribution in [-0.4, -0.2) is 27.5 Å². The highest BCUT2D eigenvalue weighted by Crippen LogP contribution is 2.40. The highest BCUT2D eigenvalue weighted by molar-refractivity contribution is 5.94. The van der Waals surface area contributed by atoms with Gasteiger partial charge in [0.05, 0.1) is 23.0 Å². The number of ether oxygens (including phenoxy) is 1. The Kier molecular flexibility index (Phi) is 7.25. The van der Waals surface area contributed by atoms with E-state index in [-0.39, 0.29) is 33.8 Å². The van der Waals surface area contributed by atoms with Crippen molar-refractivity contribution in [1.82, 2.24) is 10.3 Å². The standard InChI is InChI=1S/C24H27N3O5/c1-4-6-9-21(28)26-22(16-11-10-15(3)20(13-16)32-5-2)18-14-19(27(30)31)17-8-7-12-25-23(17)24(18)29/h7-8,10-14,22,29H,4-6,9H2,1-3H3,(H,26,28). The van der Waals surface area contributed by atoms with Gasteiger partial charge in [0.25, 0.3) is 5.69 Å². The number of unbranched alkanes of at least 4 members (excludes halogenated alkanes) is 1. The molecule has 1 amide bonds. The molecule has 1 unspecified atom stereocenters. The molecule has 0 fully saturated rings. The van der Waals surface area contributed by atoms with E-state index in [1.807, 2.05) is 32.9 Å². The van der Waals surface area contributed by atoms with Crippen LogP contribution in [0.4, 0.5) is 5.69 Å². The van der Waals surface area contributed by atoms with Crippen LogP contribution in [0.25, 0.3) is 10.9 Å². The van der Waals surface area contributed by atoms with Gasteiger partial charge in [0.15, 0.2) is 0 Å². The first-order valence-corrected chi connectivity index (χ1v) is 10.6. The molecule has 1 aromatic heterocycles. The molecule has 3 rings (SSSR count). The van der Waals surface area contributed by atoms with E-state index in [1.165, 1.54) is 18.3 Å². The fourth-order valence-corrected chi connectivity index (χ4v) is 3.62. The number of carbonyl (C=O) groups excluding carboxylic acids is 1. The zero-order valence-electron chi connectivity index (χ0n) is 18.4. The Morgan fingerprint density at radius 3 is 2.75 bits per heavy atom. The van der Waals surface area contributed by atoms with Gasteiger partial charge in [-0.15, -0.1) is 0 Å². The van der Waals surface area contributed by atoms with Crippen LogP contribution < -0.4 is 10.1 Å². The normalized spacial score (nSPS) is 11.8. The number of nitro benzene ring substituents is 1. The molecule has 0 radical (unpaired) electrons. The Labute approximate surface area is 186 Å². The average Bonchev–Trinajstić information content (AvgIpc) is 2.78. The van der Waals surface area contributed by atoms with Crippen LogP contribution in [0.2, 0.25) is 0 Å². The molecule has 0 aliphatic rings. The van der Waals surface area contributed by atoms with Gasteiger partial charge in [0.2, 0.25) is 5.91 Å². The van der Waals surface area contributed by atoms with Gasteiger partial charge in [0, 0.05) is 24.2 Å². The second kappa shape index (κ2) is 10.1. The summed E-state index contributed by atoms with van der Waals surface area (Å²) in [6, 6.07) is 9.07. The number of hydrogen-bond donors (Lipinski definition) is 2. The summed E-state index contributed by atoms with van der Waals surface area (Å²) in [4.78, 5) is 28.1. The van der Waals surface area contributed by atoms with Crippen LogP contribution in [0.15, 0.2) is 42.6 Å². The zero-order valence-corrected chi connectivity index (χ0v) is 18.4. The summed E-state index contributed by atoms with van der Waals surface area (Å²) >= 11 is 0. The lowest BCUT2D eigenvalue weighted by atomic mass is 9.94. The summed E-state index contributed by atoms with van der Waals surface area (Å²) < 4.78 is 5.70. The van der Waals surface area contributed by atoms with Gasteiger partial charge in [-0.3, -0.25) is 19.9 Å². The molecule has 2 aromatic carbocycles. The lowest BCUT2D eigenvalue weighted by molar-refractivity contribution is -0.383. The van der Waals surface area contributed by atoms with Gasteiger partial charge >= 0.3 is 0 Å². The highest BCUT2D eigenvalue weighted by atomic mass is 16.6. The molecule has 8 nitrogen and oxygen atoms in total. The monoisotopic (exact) mass is 437 g/mol. The lowest BCUT2D eigenvalue weighted by Crippen LogP contribution is -2.29. The van der Waals surface area contributed by atoms with Crippen molar-refractivity contribution < 1.29 is 19.6 Å². The SMILES string of the molecule is CCCCC(=O)NC(c1ccc(C)c(OCC)c1)c1cc([N+](=O)[O-])c2cccnc2c1O. The number of aryl methyl sites for hydroxylation is 1. The number of hydrogen-bond acceptors (Lipinski definition) is 6. The van der Waals surface area contributed by atoms with Gasteiger partial charge < -0.3 is 15.2 Å². The fraction of sp³-hybridized carbons (Fsp3) is 0.333. The quantitative estimate of drug-likeness (QED) is 0.361. The molecule has 0 saturated carbocycles. The van der Waals surface area contributed by atoms with E-state index in [0.717, 1.165) is 12.0 Å². The summed E-state index contributed by atoms with van der Waals surface area (Å²) in [6.45, 7) is 6.24. The van der Waals surface area contributed by atoms with Gasteiger partial charge in [-0.05, 0) is 49.6 Å². The Hall–Kier alpha value is -3.68. The molecular weight excluding hydrogens is 410 g/mol. The first-order chi connectivity index (χ1) is 15.4. The Balaban J connectivity index is 2.21. The number of rotatable bonds is 9. The molecule has 1 heterocycles. The summed E-state index contributed by atoms with van der Waals surface area (Å²) in [5.74, 6) is 0.231. The summed E-state index contributed by atoms with van der Waals surface area (Å²) in [5, 5.41) is 26.0. The first kappa shape index (κ1) is 23.0. The topological polar surface area (TPSA) is 115 Å². The molecular formula is C24H27N3O5. The molecule has 32 heavy (non-hydrogen) atoms. The van der Waals surface area contributed by atoms with E-state index in [1.54, 1.807) is 12.1 Å². The van der Waals surface area contributed by atoms with Crippen molar-refractivity contribution in [1.29, 1.82) is 0 Å². The molecule has 8 heteroatoms. The lowest BCUT2D eigenvalue weighted by Gasteiger charge is -2.22. The number of nitrogens with one attached hydrogen (secondary N) is 1. The maximum atomic E-state index is 12.7. The van der Waals surface area contributed by atoms with Gasteiger partial charge in [-0.1, -0.05) is 25.5 Å². The molecule has 0 spiro atoms. The number of nitrogens with zero attached hydrogens (tertiary/aromatic N) is 2. The predicted molar refractivity (Wildman–Crippen MR) is 122 cm³/mol. The number of phenolic OH excluding ortho intramolecular Hbond substituents is 1. The number of carbonyl (C=O) groups is 1. The molecule has 168 valence electrons. The molecule has 2 N–H and O–H groups in total. The van der Waals surface area contributed by atoms with Crippen LogP contribution in [-0.2, 0) is 4.79 Å². The first-order valence-electron chi connectivity index (χ1n) is 10.6. The number of benzene rings is 2. The van der Waals surface area contributed by atoms with Crippen molar-refractivity contribution in [2.45, 2.75) is 46.1 Å². The maximum absolute atomic E-state index is 12.7. The minimum absolute atomic E-state index is 0.113. The van der Waals surface area contributed by atoms with Gasteiger partial charge in [-0.2, -0.15) is 0 Å². The maximum Gasteiger partial charge on any atom is 0.279 e. The number of aromatic nitrogens is 1. The average molecular weight is 437 g/mol. The third kappa shape index (κ3) is 4.80. The minimum atomic E-state index is -0.815. The van der Waals surface area contributed by atoms with Crippen molar-refractivity contribution >= 4 is 22.5 Å². The van der Waals surface area contributed by atoms with E-state index in [9.17, 15) is 20.0 Å². The van der Waals surface area contributed by atoms with E-state index in [2.05, 4.69) is 10.3 Å². The molecule has 0 aliphatic heterocycles.